The second-order valence-electron chi connectivity index (χ2n) is 3.07. The van der Waals surface area contributed by atoms with Crippen LogP contribution in [0.3, 0.4) is 0 Å². The smallest absolute Gasteiger partial charge is 0.303 e. The van der Waals surface area contributed by atoms with Crippen molar-refractivity contribution in [2.24, 2.45) is 0 Å². The topological polar surface area (TPSA) is 66.4 Å². The number of aliphatic carboxylic acids is 1. The number of carboxylic acid groups (broad SMARTS) is 1. The molecule has 4 nitrogen and oxygen atoms in total. The molecule has 6 heteroatoms. The number of hydrogen-bond donors (Lipinski definition) is 2. The number of halogens is 2. The van der Waals surface area contributed by atoms with Crippen molar-refractivity contribution in [3.05, 3.63) is 27.7 Å². The molecule has 16 heavy (non-hydrogen) atoms. The Hall–Kier alpha value is -1.07. The highest BCUT2D eigenvalue weighted by Gasteiger charge is 2.08. The Morgan fingerprint density at radius 3 is 2.69 bits per heavy atom. The highest BCUT2D eigenvalue weighted by molar-refractivity contribution is 9.10. The summed E-state index contributed by atoms with van der Waals surface area (Å²) in [5, 5.41) is 11.5. The fourth-order valence-corrected chi connectivity index (χ4v) is 1.54. The van der Waals surface area contributed by atoms with Gasteiger partial charge in [0.2, 0.25) is 5.91 Å². The van der Waals surface area contributed by atoms with Crippen molar-refractivity contribution in [1.29, 1.82) is 0 Å². The van der Waals surface area contributed by atoms with Gasteiger partial charge in [-0.2, -0.15) is 0 Å². The second kappa shape index (κ2) is 5.86. The molecule has 1 amide bonds. The zero-order valence-electron chi connectivity index (χ0n) is 8.17. The van der Waals surface area contributed by atoms with Crippen molar-refractivity contribution < 1.29 is 14.7 Å². The van der Waals surface area contributed by atoms with E-state index in [9.17, 15) is 9.59 Å². The van der Waals surface area contributed by atoms with E-state index in [2.05, 4.69) is 21.2 Å². The third-order valence-electron chi connectivity index (χ3n) is 1.77. The van der Waals surface area contributed by atoms with Crippen molar-refractivity contribution >= 4 is 45.1 Å². The number of amides is 1. The largest absolute Gasteiger partial charge is 0.481 e. The Morgan fingerprint density at radius 2 is 2.06 bits per heavy atom. The maximum Gasteiger partial charge on any atom is 0.303 e. The van der Waals surface area contributed by atoms with Gasteiger partial charge in [0.1, 0.15) is 0 Å². The van der Waals surface area contributed by atoms with Crippen molar-refractivity contribution in [3.63, 3.8) is 0 Å². The number of anilines is 1. The highest BCUT2D eigenvalue weighted by Crippen LogP contribution is 2.25. The van der Waals surface area contributed by atoms with E-state index >= 15 is 0 Å². The molecule has 0 unspecified atom stereocenters. The predicted octanol–water partition coefficient (Wildman–Crippen LogP) is 2.91. The van der Waals surface area contributed by atoms with Crippen molar-refractivity contribution in [2.75, 3.05) is 5.32 Å². The third kappa shape index (κ3) is 4.20. The number of nitrogens with one attached hydrogen (secondary N) is 1. The summed E-state index contributed by atoms with van der Waals surface area (Å²) >= 11 is 9.01. The molecule has 0 saturated heterocycles. The molecule has 0 aliphatic rings. The maximum absolute atomic E-state index is 11.3. The molecule has 1 aromatic rings. The zero-order chi connectivity index (χ0) is 12.1. The van der Waals surface area contributed by atoms with E-state index in [-0.39, 0.29) is 18.7 Å². The van der Waals surface area contributed by atoms with Gasteiger partial charge in [-0.05, 0) is 34.1 Å². The van der Waals surface area contributed by atoms with E-state index < -0.39 is 5.97 Å². The average molecular weight is 307 g/mol. The minimum Gasteiger partial charge on any atom is -0.481 e. The van der Waals surface area contributed by atoms with E-state index in [1.807, 2.05) is 0 Å². The van der Waals surface area contributed by atoms with Crippen LogP contribution in [0.5, 0.6) is 0 Å². The number of benzene rings is 1. The van der Waals surface area contributed by atoms with Crippen LogP contribution in [0.2, 0.25) is 5.02 Å². The van der Waals surface area contributed by atoms with Crippen LogP contribution in [-0.4, -0.2) is 17.0 Å². The average Bonchev–Trinajstić information content (AvgIpc) is 2.20. The summed E-state index contributed by atoms with van der Waals surface area (Å²) in [6.45, 7) is 0. The zero-order valence-corrected chi connectivity index (χ0v) is 10.5. The van der Waals surface area contributed by atoms with E-state index in [1.54, 1.807) is 18.2 Å². The van der Waals surface area contributed by atoms with Crippen LogP contribution in [0.1, 0.15) is 12.8 Å². The molecule has 86 valence electrons. The van der Waals surface area contributed by atoms with Crippen LogP contribution in [0.4, 0.5) is 5.69 Å². The van der Waals surface area contributed by atoms with Crippen molar-refractivity contribution in [2.45, 2.75) is 12.8 Å². The van der Waals surface area contributed by atoms with E-state index in [0.717, 1.165) is 0 Å². The number of rotatable bonds is 4. The Labute approximate surface area is 106 Å². The molecule has 2 N–H and O–H groups in total. The quantitative estimate of drug-likeness (QED) is 0.899. The van der Waals surface area contributed by atoms with Gasteiger partial charge >= 0.3 is 5.97 Å². The summed E-state index contributed by atoms with van der Waals surface area (Å²) in [6.07, 6.45) is -0.252. The first kappa shape index (κ1) is 13.0. The fourth-order valence-electron chi connectivity index (χ4n) is 1.03. The molecule has 1 rings (SSSR count). The number of hydrogen-bond acceptors (Lipinski definition) is 2. The third-order valence-corrected chi connectivity index (χ3v) is 2.70. The Morgan fingerprint density at radius 1 is 1.38 bits per heavy atom. The van der Waals surface area contributed by atoms with Gasteiger partial charge in [-0.15, -0.1) is 0 Å². The molecule has 0 aliphatic carbocycles. The van der Waals surface area contributed by atoms with E-state index in [4.69, 9.17) is 16.7 Å². The first-order valence-electron chi connectivity index (χ1n) is 4.45. The molecule has 0 heterocycles. The summed E-state index contributed by atoms with van der Waals surface area (Å²) in [5.74, 6) is -1.36. The molecule has 0 bridgehead atoms. The standard InChI is InChI=1S/C10H9BrClNO3/c11-7-2-1-6(12)5-8(7)13-9(14)3-4-10(15)16/h1-2,5H,3-4H2,(H,13,14)(H,15,16). The normalized spacial score (nSPS) is 9.88. The van der Waals surface area contributed by atoms with Gasteiger partial charge in [0.25, 0.3) is 0 Å². The minimum absolute atomic E-state index is 0.0612. The maximum atomic E-state index is 11.3. The number of carbonyl (C=O) groups is 2. The monoisotopic (exact) mass is 305 g/mol. The van der Waals surface area contributed by atoms with Crippen LogP contribution in [0, 0.1) is 0 Å². The van der Waals surface area contributed by atoms with Gasteiger partial charge in [-0.25, -0.2) is 0 Å². The molecule has 0 spiro atoms. The summed E-state index contributed by atoms with van der Waals surface area (Å²) in [6, 6.07) is 4.97. The van der Waals surface area contributed by atoms with Crippen LogP contribution in [-0.2, 0) is 9.59 Å². The first-order valence-corrected chi connectivity index (χ1v) is 5.63. The van der Waals surface area contributed by atoms with Gasteiger partial charge in [0.15, 0.2) is 0 Å². The lowest BCUT2D eigenvalue weighted by atomic mass is 10.2. The molecule has 0 aliphatic heterocycles. The second-order valence-corrected chi connectivity index (χ2v) is 4.36. The lowest BCUT2D eigenvalue weighted by molar-refractivity contribution is -0.138. The van der Waals surface area contributed by atoms with E-state index in [0.29, 0.717) is 15.2 Å². The van der Waals surface area contributed by atoms with Crippen LogP contribution in [0.25, 0.3) is 0 Å². The molecule has 0 saturated carbocycles. The van der Waals surface area contributed by atoms with Gasteiger partial charge in [0, 0.05) is 15.9 Å². The van der Waals surface area contributed by atoms with Crippen molar-refractivity contribution in [3.8, 4) is 0 Å². The molecular weight excluding hydrogens is 297 g/mol. The van der Waals surface area contributed by atoms with Crippen LogP contribution >= 0.6 is 27.5 Å². The summed E-state index contributed by atoms with van der Waals surface area (Å²) in [4.78, 5) is 21.6. The molecular formula is C10H9BrClNO3. The number of carbonyl (C=O) groups excluding carboxylic acids is 1. The first-order chi connectivity index (χ1) is 7.49. The lowest BCUT2D eigenvalue weighted by Crippen LogP contribution is -2.13. The molecule has 0 aromatic heterocycles. The Kier molecular flexibility index (Phi) is 4.76. The summed E-state index contributed by atoms with van der Waals surface area (Å²) < 4.78 is 0.695. The van der Waals surface area contributed by atoms with Crippen LogP contribution in [0.15, 0.2) is 22.7 Å². The lowest BCUT2D eigenvalue weighted by Gasteiger charge is -2.06. The van der Waals surface area contributed by atoms with Crippen LogP contribution < -0.4 is 5.32 Å². The molecule has 0 fully saturated rings. The summed E-state index contributed by atoms with van der Waals surface area (Å²) in [5.41, 5.74) is 0.530. The highest BCUT2D eigenvalue weighted by atomic mass is 79.9. The predicted molar refractivity (Wildman–Crippen MR) is 64.7 cm³/mol. The van der Waals surface area contributed by atoms with Gasteiger partial charge in [-0.1, -0.05) is 11.6 Å². The van der Waals surface area contributed by atoms with Crippen molar-refractivity contribution in [1.82, 2.24) is 0 Å². The van der Waals surface area contributed by atoms with Gasteiger partial charge < -0.3 is 10.4 Å². The molecule has 0 radical (unpaired) electrons. The Balaban J connectivity index is 2.62. The van der Waals surface area contributed by atoms with Gasteiger partial charge in [-0.3, -0.25) is 9.59 Å². The summed E-state index contributed by atoms with van der Waals surface area (Å²) in [7, 11) is 0. The van der Waals surface area contributed by atoms with Gasteiger partial charge in [0.05, 0.1) is 12.1 Å². The SMILES string of the molecule is O=C(O)CCC(=O)Nc1cc(Cl)ccc1Br. The molecule has 1 aromatic carbocycles. The molecule has 0 atom stereocenters. The fraction of sp³-hybridized carbons (Fsp3) is 0.200. The minimum atomic E-state index is -1.000. The van der Waals surface area contributed by atoms with E-state index in [1.165, 1.54) is 0 Å². The number of carboxylic acids is 1. The Bertz CT molecular complexity index is 423.